The average molecular weight is 405 g/mol. The predicted molar refractivity (Wildman–Crippen MR) is 98.0 cm³/mol. The van der Waals surface area contributed by atoms with Gasteiger partial charge in [-0.25, -0.2) is 4.79 Å². The minimum absolute atomic E-state index is 0.101. The van der Waals surface area contributed by atoms with Gasteiger partial charge in [0, 0.05) is 11.3 Å². The molecule has 1 aromatic heterocycles. The molecule has 8 nitrogen and oxygen atoms in total. The minimum atomic E-state index is -2.97. The molecule has 3 rings (SSSR count). The number of anilines is 1. The van der Waals surface area contributed by atoms with E-state index < -0.39 is 12.6 Å². The number of rotatable bonds is 8. The zero-order valence-electron chi connectivity index (χ0n) is 15.5. The number of alkyl halides is 2. The van der Waals surface area contributed by atoms with Crippen molar-refractivity contribution in [2.45, 2.75) is 13.2 Å². The number of esters is 1. The van der Waals surface area contributed by atoms with Crippen molar-refractivity contribution in [3.05, 3.63) is 53.9 Å². The van der Waals surface area contributed by atoms with Crippen molar-refractivity contribution in [2.24, 2.45) is 0 Å². The lowest BCUT2D eigenvalue weighted by Crippen LogP contribution is -2.08. The van der Waals surface area contributed by atoms with Crippen LogP contribution in [0.25, 0.3) is 11.4 Å². The molecular formula is C19H17F2N3O5. The van der Waals surface area contributed by atoms with Gasteiger partial charge in [0.2, 0.25) is 11.7 Å². The Morgan fingerprint density at radius 1 is 1.17 bits per heavy atom. The molecule has 29 heavy (non-hydrogen) atoms. The molecule has 0 saturated carbocycles. The van der Waals surface area contributed by atoms with E-state index in [4.69, 9.17) is 14.0 Å². The molecule has 0 spiro atoms. The van der Waals surface area contributed by atoms with Gasteiger partial charge in [0.15, 0.2) is 11.5 Å². The maximum absolute atomic E-state index is 12.4. The van der Waals surface area contributed by atoms with Crippen molar-refractivity contribution >= 4 is 11.7 Å². The molecule has 1 heterocycles. The van der Waals surface area contributed by atoms with Crippen LogP contribution in [0.5, 0.6) is 11.5 Å². The van der Waals surface area contributed by atoms with Crippen LogP contribution >= 0.6 is 0 Å². The fraction of sp³-hybridized carbons (Fsp3) is 0.211. The summed E-state index contributed by atoms with van der Waals surface area (Å²) < 4.78 is 44.3. The molecule has 0 fully saturated rings. The lowest BCUT2D eigenvalue weighted by atomic mass is 10.2. The van der Waals surface area contributed by atoms with Crippen LogP contribution in [0.3, 0.4) is 0 Å². The Morgan fingerprint density at radius 2 is 1.97 bits per heavy atom. The van der Waals surface area contributed by atoms with Crippen LogP contribution in [0.4, 0.5) is 14.5 Å². The largest absolute Gasteiger partial charge is 0.493 e. The second-order valence-corrected chi connectivity index (χ2v) is 5.65. The van der Waals surface area contributed by atoms with Crippen molar-refractivity contribution in [1.29, 1.82) is 0 Å². The van der Waals surface area contributed by atoms with Crippen LogP contribution in [0.1, 0.15) is 16.2 Å². The monoisotopic (exact) mass is 405 g/mol. The highest BCUT2D eigenvalue weighted by molar-refractivity contribution is 5.95. The van der Waals surface area contributed by atoms with E-state index in [1.807, 2.05) is 0 Å². The summed E-state index contributed by atoms with van der Waals surface area (Å²) in [6.07, 6.45) is 0. The predicted octanol–water partition coefficient (Wildman–Crippen LogP) is 3.75. The van der Waals surface area contributed by atoms with Crippen LogP contribution < -0.4 is 14.8 Å². The van der Waals surface area contributed by atoms with E-state index >= 15 is 0 Å². The van der Waals surface area contributed by atoms with Crippen molar-refractivity contribution in [3.8, 4) is 22.9 Å². The van der Waals surface area contributed by atoms with Gasteiger partial charge in [-0.15, -0.1) is 0 Å². The van der Waals surface area contributed by atoms with E-state index in [1.165, 1.54) is 32.4 Å². The van der Waals surface area contributed by atoms with E-state index in [-0.39, 0.29) is 29.8 Å². The van der Waals surface area contributed by atoms with Crippen LogP contribution in [-0.2, 0) is 11.3 Å². The highest BCUT2D eigenvalue weighted by Crippen LogP contribution is 2.32. The number of para-hydroxylation sites is 1. The maximum Gasteiger partial charge on any atom is 0.387 e. The van der Waals surface area contributed by atoms with E-state index in [0.717, 1.165) is 0 Å². The maximum atomic E-state index is 12.4. The first kappa shape index (κ1) is 20.1. The number of hydrogen-bond acceptors (Lipinski definition) is 8. The van der Waals surface area contributed by atoms with Gasteiger partial charge in [0.25, 0.3) is 0 Å². The van der Waals surface area contributed by atoms with Crippen LogP contribution in [-0.4, -0.2) is 36.9 Å². The molecule has 1 N–H and O–H groups in total. The summed E-state index contributed by atoms with van der Waals surface area (Å²) in [5, 5.41) is 6.91. The van der Waals surface area contributed by atoms with Crippen molar-refractivity contribution in [3.63, 3.8) is 0 Å². The molecule has 2 aromatic carbocycles. The number of carbonyl (C=O) groups is 1. The summed E-state index contributed by atoms with van der Waals surface area (Å²) in [6.45, 7) is -2.81. The fourth-order valence-corrected chi connectivity index (χ4v) is 2.54. The van der Waals surface area contributed by atoms with Crippen LogP contribution in [0.15, 0.2) is 47.0 Å². The second kappa shape index (κ2) is 9.00. The first-order valence-corrected chi connectivity index (χ1v) is 8.39. The summed E-state index contributed by atoms with van der Waals surface area (Å²) in [6, 6.07) is 11.1. The molecule has 3 aromatic rings. The second-order valence-electron chi connectivity index (χ2n) is 5.65. The van der Waals surface area contributed by atoms with Gasteiger partial charge in [-0.3, -0.25) is 0 Å². The zero-order valence-corrected chi connectivity index (χ0v) is 15.5. The van der Waals surface area contributed by atoms with Crippen LogP contribution in [0, 0.1) is 0 Å². The molecule has 0 bridgehead atoms. The molecule has 0 unspecified atom stereocenters. The van der Waals surface area contributed by atoms with Gasteiger partial charge in [0.1, 0.15) is 0 Å². The minimum Gasteiger partial charge on any atom is -0.493 e. The molecule has 0 amide bonds. The third kappa shape index (κ3) is 4.78. The van der Waals surface area contributed by atoms with E-state index in [9.17, 15) is 13.6 Å². The lowest BCUT2D eigenvalue weighted by Gasteiger charge is -2.10. The van der Waals surface area contributed by atoms with Gasteiger partial charge in [0.05, 0.1) is 26.3 Å². The molecular weight excluding hydrogens is 388 g/mol. The number of aromatic nitrogens is 2. The average Bonchev–Trinajstić information content (AvgIpc) is 3.21. The van der Waals surface area contributed by atoms with Crippen molar-refractivity contribution in [2.75, 3.05) is 19.5 Å². The lowest BCUT2D eigenvalue weighted by molar-refractivity contribution is -0.0512. The Hall–Kier alpha value is -3.69. The Balaban J connectivity index is 1.74. The molecule has 0 aliphatic carbocycles. The van der Waals surface area contributed by atoms with Gasteiger partial charge >= 0.3 is 12.6 Å². The molecule has 0 radical (unpaired) electrons. The number of ether oxygens (including phenoxy) is 3. The zero-order chi connectivity index (χ0) is 20.8. The topological polar surface area (TPSA) is 95.7 Å². The summed E-state index contributed by atoms with van der Waals surface area (Å²) in [7, 11) is 2.64. The van der Waals surface area contributed by atoms with E-state index in [1.54, 1.807) is 24.3 Å². The smallest absolute Gasteiger partial charge is 0.387 e. The number of hydrogen-bond donors (Lipinski definition) is 1. The first-order chi connectivity index (χ1) is 14.0. The van der Waals surface area contributed by atoms with Crippen molar-refractivity contribution in [1.82, 2.24) is 10.1 Å². The number of nitrogens with one attached hydrogen (secondary N) is 1. The van der Waals surface area contributed by atoms with Crippen LogP contribution in [0.2, 0.25) is 0 Å². The molecule has 10 heteroatoms. The normalized spacial score (nSPS) is 10.7. The summed E-state index contributed by atoms with van der Waals surface area (Å²) in [5.41, 5.74) is 1.41. The van der Waals surface area contributed by atoms with Crippen molar-refractivity contribution < 1.29 is 32.3 Å². The number of methoxy groups -OCH3 is 2. The SMILES string of the molecule is COC(=O)c1ccccc1NCc1nc(-c2ccc(OC(F)F)c(OC)c2)no1. The number of halogens is 2. The Labute approximate surface area is 164 Å². The van der Waals surface area contributed by atoms with Gasteiger partial charge < -0.3 is 24.1 Å². The van der Waals surface area contributed by atoms with Gasteiger partial charge in [-0.05, 0) is 30.3 Å². The molecule has 0 atom stereocenters. The molecule has 0 saturated heterocycles. The number of benzene rings is 2. The van der Waals surface area contributed by atoms with E-state index in [2.05, 4.69) is 20.2 Å². The third-order valence-electron chi connectivity index (χ3n) is 3.87. The Bertz CT molecular complexity index is 993. The Morgan fingerprint density at radius 3 is 2.69 bits per heavy atom. The third-order valence-corrected chi connectivity index (χ3v) is 3.87. The summed E-state index contributed by atoms with van der Waals surface area (Å²) in [5.74, 6) is 0.0318. The highest BCUT2D eigenvalue weighted by atomic mass is 19.3. The highest BCUT2D eigenvalue weighted by Gasteiger charge is 2.16. The number of nitrogens with zero attached hydrogens (tertiary/aromatic N) is 2. The van der Waals surface area contributed by atoms with E-state index in [0.29, 0.717) is 16.8 Å². The quantitative estimate of drug-likeness (QED) is 0.566. The number of carbonyl (C=O) groups excluding carboxylic acids is 1. The molecule has 152 valence electrons. The molecule has 0 aliphatic heterocycles. The Kier molecular flexibility index (Phi) is 6.22. The standard InChI is InChI=1S/C19H17F2N3O5/c1-26-15-9-11(7-8-14(15)28-19(20)21)17-23-16(29-24-17)10-22-13-6-4-3-5-12(13)18(25)27-2/h3-9,19,22H,10H2,1-2H3. The molecule has 0 aliphatic rings. The summed E-state index contributed by atoms with van der Waals surface area (Å²) in [4.78, 5) is 16.1. The van der Waals surface area contributed by atoms with Gasteiger partial charge in [-0.2, -0.15) is 13.8 Å². The fourth-order valence-electron chi connectivity index (χ4n) is 2.54. The first-order valence-electron chi connectivity index (χ1n) is 8.39. The van der Waals surface area contributed by atoms with Gasteiger partial charge in [-0.1, -0.05) is 17.3 Å². The summed E-state index contributed by atoms with van der Waals surface area (Å²) >= 11 is 0.